The number of amides is 2. The van der Waals surface area contributed by atoms with E-state index in [-0.39, 0.29) is 23.9 Å². The average Bonchev–Trinajstić information content (AvgIpc) is 3.11. The first-order valence-electron chi connectivity index (χ1n) is 10.5. The second-order valence-corrected chi connectivity index (χ2v) is 7.58. The fraction of sp³-hybridized carbons (Fsp3) is 0.429. The molecule has 3 heterocycles. The van der Waals surface area contributed by atoms with Gasteiger partial charge in [0.15, 0.2) is 11.2 Å². The van der Waals surface area contributed by atoms with E-state index in [4.69, 9.17) is 0 Å². The van der Waals surface area contributed by atoms with Gasteiger partial charge in [0.05, 0.1) is 5.69 Å². The summed E-state index contributed by atoms with van der Waals surface area (Å²) in [6.07, 6.45) is 5.70. The summed E-state index contributed by atoms with van der Waals surface area (Å²) >= 11 is 0. The summed E-state index contributed by atoms with van der Waals surface area (Å²) in [7, 11) is 0. The first-order chi connectivity index (χ1) is 15.1. The Morgan fingerprint density at radius 1 is 1.10 bits per heavy atom. The van der Waals surface area contributed by atoms with Gasteiger partial charge in [-0.3, -0.25) is 19.0 Å². The molecule has 1 N–H and O–H groups in total. The zero-order chi connectivity index (χ0) is 21.6. The van der Waals surface area contributed by atoms with Gasteiger partial charge in [-0.15, -0.1) is 5.10 Å². The number of likely N-dealkylation sites (tertiary alicyclic amines) is 1. The number of aromatic nitrogens is 5. The Morgan fingerprint density at radius 2 is 1.94 bits per heavy atom. The highest BCUT2D eigenvalue weighted by Crippen LogP contribution is 2.12. The van der Waals surface area contributed by atoms with Crippen molar-refractivity contribution >= 4 is 23.0 Å². The van der Waals surface area contributed by atoms with Crippen molar-refractivity contribution in [2.45, 2.75) is 38.6 Å². The van der Waals surface area contributed by atoms with Crippen molar-refractivity contribution in [3.63, 3.8) is 0 Å². The molecule has 162 valence electrons. The summed E-state index contributed by atoms with van der Waals surface area (Å²) in [6, 6.07) is 9.28. The largest absolute Gasteiger partial charge is 0.354 e. The summed E-state index contributed by atoms with van der Waals surface area (Å²) in [5.41, 5.74) is 0.779. The minimum absolute atomic E-state index is 0.110. The molecule has 2 amide bonds. The minimum Gasteiger partial charge on any atom is -0.354 e. The minimum atomic E-state index is -0.419. The molecule has 10 nitrogen and oxygen atoms in total. The van der Waals surface area contributed by atoms with Gasteiger partial charge in [-0.1, -0.05) is 29.8 Å². The monoisotopic (exact) mass is 423 g/mol. The first kappa shape index (κ1) is 20.7. The second-order valence-electron chi connectivity index (χ2n) is 7.58. The van der Waals surface area contributed by atoms with E-state index >= 15 is 0 Å². The van der Waals surface area contributed by atoms with E-state index in [2.05, 4.69) is 20.6 Å². The molecule has 1 aliphatic heterocycles. The van der Waals surface area contributed by atoms with Crippen molar-refractivity contribution in [2.75, 3.05) is 19.6 Å². The lowest BCUT2D eigenvalue weighted by molar-refractivity contribution is -0.130. The van der Waals surface area contributed by atoms with Crippen molar-refractivity contribution in [2.24, 2.45) is 0 Å². The number of fused-ring (bicyclic) bond motifs is 1. The number of carbonyl (C=O) groups excluding carboxylic acids is 2. The van der Waals surface area contributed by atoms with Gasteiger partial charge in [0.2, 0.25) is 11.8 Å². The van der Waals surface area contributed by atoms with E-state index in [1.165, 1.54) is 15.6 Å². The molecular weight excluding hydrogens is 398 g/mol. The summed E-state index contributed by atoms with van der Waals surface area (Å²) in [5, 5.41) is 10.8. The lowest BCUT2D eigenvalue weighted by Gasteiger charge is -2.20. The van der Waals surface area contributed by atoms with Crippen LogP contribution in [0.4, 0.5) is 0 Å². The molecule has 0 radical (unpaired) electrons. The third-order valence-electron chi connectivity index (χ3n) is 5.34. The molecule has 2 aromatic heterocycles. The molecule has 0 aliphatic carbocycles. The average molecular weight is 423 g/mol. The van der Waals surface area contributed by atoms with Gasteiger partial charge < -0.3 is 10.2 Å². The smallest absolute Gasteiger partial charge is 0.284 e. The molecule has 1 fully saturated rings. The molecular formula is C21H25N7O3. The Labute approximate surface area is 178 Å². The number of rotatable bonds is 7. The van der Waals surface area contributed by atoms with Gasteiger partial charge in [0, 0.05) is 26.1 Å². The van der Waals surface area contributed by atoms with Gasteiger partial charge in [-0.2, -0.15) is 4.68 Å². The summed E-state index contributed by atoms with van der Waals surface area (Å²) in [6.45, 7) is 1.71. The molecule has 0 spiro atoms. The molecule has 31 heavy (non-hydrogen) atoms. The predicted molar refractivity (Wildman–Crippen MR) is 114 cm³/mol. The summed E-state index contributed by atoms with van der Waals surface area (Å²) in [4.78, 5) is 43.1. The second kappa shape index (κ2) is 9.50. The van der Waals surface area contributed by atoms with Crippen LogP contribution in [0.5, 0.6) is 0 Å². The van der Waals surface area contributed by atoms with Gasteiger partial charge in [0.25, 0.3) is 5.56 Å². The van der Waals surface area contributed by atoms with E-state index < -0.39 is 5.56 Å². The Morgan fingerprint density at radius 3 is 2.77 bits per heavy atom. The summed E-state index contributed by atoms with van der Waals surface area (Å²) in [5.74, 6) is -0.0980. The maximum absolute atomic E-state index is 12.7. The molecule has 0 unspecified atom stereocenters. The molecule has 0 saturated carbocycles. The Hall–Kier alpha value is -3.56. The molecule has 1 saturated heterocycles. The number of carbonyl (C=O) groups is 2. The number of hydrogen-bond acceptors (Lipinski definition) is 6. The lowest BCUT2D eigenvalue weighted by atomic mass is 10.2. The predicted octanol–water partition coefficient (Wildman–Crippen LogP) is 0.886. The molecule has 4 rings (SSSR count). The van der Waals surface area contributed by atoms with E-state index in [0.717, 1.165) is 31.5 Å². The zero-order valence-electron chi connectivity index (χ0n) is 17.2. The first-order valence-corrected chi connectivity index (χ1v) is 10.5. The van der Waals surface area contributed by atoms with Crippen LogP contribution < -0.4 is 10.9 Å². The lowest BCUT2D eigenvalue weighted by Crippen LogP contribution is -2.36. The molecule has 0 atom stereocenters. The number of nitrogens with zero attached hydrogens (tertiary/aromatic N) is 6. The van der Waals surface area contributed by atoms with E-state index in [9.17, 15) is 14.4 Å². The van der Waals surface area contributed by atoms with Gasteiger partial charge >= 0.3 is 0 Å². The highest BCUT2D eigenvalue weighted by molar-refractivity contribution is 5.77. The van der Waals surface area contributed by atoms with Crippen LogP contribution >= 0.6 is 0 Å². The van der Waals surface area contributed by atoms with Crippen LogP contribution in [0.15, 0.2) is 41.5 Å². The van der Waals surface area contributed by atoms with E-state index in [0.29, 0.717) is 31.6 Å². The van der Waals surface area contributed by atoms with Crippen LogP contribution in [0.25, 0.3) is 16.9 Å². The van der Waals surface area contributed by atoms with Crippen molar-refractivity contribution in [1.29, 1.82) is 0 Å². The Kier molecular flexibility index (Phi) is 6.34. The fourth-order valence-electron chi connectivity index (χ4n) is 3.68. The van der Waals surface area contributed by atoms with Crippen molar-refractivity contribution in [3.8, 4) is 5.69 Å². The number of para-hydroxylation sites is 1. The van der Waals surface area contributed by atoms with Crippen molar-refractivity contribution in [3.05, 3.63) is 47.0 Å². The highest BCUT2D eigenvalue weighted by atomic mass is 16.2. The maximum Gasteiger partial charge on any atom is 0.284 e. The molecule has 10 heteroatoms. The van der Waals surface area contributed by atoms with Crippen LogP contribution in [-0.4, -0.2) is 60.9 Å². The van der Waals surface area contributed by atoms with Crippen LogP contribution in [0.1, 0.15) is 32.1 Å². The molecule has 1 aromatic carbocycles. The quantitative estimate of drug-likeness (QED) is 0.564. The van der Waals surface area contributed by atoms with Crippen LogP contribution in [0.3, 0.4) is 0 Å². The molecule has 3 aromatic rings. The maximum atomic E-state index is 12.7. The SMILES string of the molecule is O=C(Cn1cnc2c(nnn2-c2ccccc2)c1=O)NCCCN1CCCCCC1=O. The van der Waals surface area contributed by atoms with Gasteiger partial charge in [0.1, 0.15) is 12.9 Å². The number of benzene rings is 1. The third kappa shape index (κ3) is 4.79. The van der Waals surface area contributed by atoms with Crippen molar-refractivity contribution in [1.82, 2.24) is 34.8 Å². The zero-order valence-corrected chi connectivity index (χ0v) is 17.2. The number of nitrogens with one attached hydrogen (secondary N) is 1. The van der Waals surface area contributed by atoms with Crippen molar-refractivity contribution < 1.29 is 9.59 Å². The topological polar surface area (TPSA) is 115 Å². The third-order valence-corrected chi connectivity index (χ3v) is 5.34. The van der Waals surface area contributed by atoms with Crippen LogP contribution in [0, 0.1) is 0 Å². The highest BCUT2D eigenvalue weighted by Gasteiger charge is 2.17. The standard InChI is InChI=1S/C21H25N7O3/c29-17(22-11-7-13-26-12-6-2-5-10-18(26)30)14-27-15-23-20-19(21(27)31)24-25-28(20)16-8-3-1-4-9-16/h1,3-4,8-9,15H,2,5-7,10-14H2,(H,22,29). The Balaban J connectivity index is 1.34. The molecule has 1 aliphatic rings. The Bertz CT molecular complexity index is 1120. The molecule has 0 bridgehead atoms. The normalized spacial score (nSPS) is 14.6. The van der Waals surface area contributed by atoms with Crippen LogP contribution in [0.2, 0.25) is 0 Å². The summed E-state index contributed by atoms with van der Waals surface area (Å²) < 4.78 is 2.71. The van der Waals surface area contributed by atoms with E-state index in [1.54, 1.807) is 0 Å². The van der Waals surface area contributed by atoms with Gasteiger partial charge in [-0.05, 0) is 31.4 Å². The number of hydrogen-bond donors (Lipinski definition) is 1. The van der Waals surface area contributed by atoms with Gasteiger partial charge in [-0.25, -0.2) is 4.98 Å². The van der Waals surface area contributed by atoms with E-state index in [1.807, 2.05) is 35.2 Å². The van der Waals surface area contributed by atoms with Crippen LogP contribution in [-0.2, 0) is 16.1 Å². The fourth-order valence-corrected chi connectivity index (χ4v) is 3.68.